The summed E-state index contributed by atoms with van der Waals surface area (Å²) in [5, 5.41) is 8.88. The molecule has 2 rings (SSSR count). The number of nitrogen functional groups attached to an aromatic ring is 1. The van der Waals surface area contributed by atoms with Crippen LogP contribution in [0.25, 0.3) is 0 Å². The number of carbonyl (C=O) groups is 1. The summed E-state index contributed by atoms with van der Waals surface area (Å²) in [5.41, 5.74) is 8.57. The number of carboxylic acids is 1. The van der Waals surface area contributed by atoms with Crippen molar-refractivity contribution in [3.63, 3.8) is 0 Å². The summed E-state index contributed by atoms with van der Waals surface area (Å²) in [6, 6.07) is 10.9. The minimum Gasteiger partial charge on any atom is -0.477 e. The summed E-state index contributed by atoms with van der Waals surface area (Å²) in [5.74, 6) is -0.421. The number of aryl methyl sites for hydroxylation is 1. The van der Waals surface area contributed by atoms with Gasteiger partial charge in [-0.2, -0.15) is 0 Å². The molecular formula is C14H14N2O2S. The van der Waals surface area contributed by atoms with Crippen LogP contribution in [0, 0.1) is 6.92 Å². The van der Waals surface area contributed by atoms with Gasteiger partial charge in [-0.25, -0.2) is 9.78 Å². The largest absolute Gasteiger partial charge is 0.477 e. The van der Waals surface area contributed by atoms with Crippen molar-refractivity contribution in [2.75, 3.05) is 5.73 Å². The van der Waals surface area contributed by atoms with Crippen LogP contribution in [0.2, 0.25) is 0 Å². The molecule has 0 radical (unpaired) electrons. The summed E-state index contributed by atoms with van der Waals surface area (Å²) in [6.07, 6.45) is 0. The van der Waals surface area contributed by atoms with Gasteiger partial charge in [0.25, 0.3) is 0 Å². The number of aromatic carboxylic acids is 1. The molecule has 1 aromatic carbocycles. The number of carboxylic acid groups (broad SMARTS) is 1. The third kappa shape index (κ3) is 3.48. The number of hydrogen-bond acceptors (Lipinski definition) is 4. The van der Waals surface area contributed by atoms with Crippen LogP contribution in [0.3, 0.4) is 0 Å². The zero-order valence-electron chi connectivity index (χ0n) is 10.5. The Hall–Kier alpha value is -2.01. The van der Waals surface area contributed by atoms with Gasteiger partial charge >= 0.3 is 5.97 Å². The van der Waals surface area contributed by atoms with E-state index < -0.39 is 5.97 Å². The van der Waals surface area contributed by atoms with E-state index in [1.807, 2.05) is 31.2 Å². The maximum Gasteiger partial charge on any atom is 0.354 e. The first-order valence-electron chi connectivity index (χ1n) is 5.74. The van der Waals surface area contributed by atoms with Crippen LogP contribution in [0.4, 0.5) is 5.69 Å². The Labute approximate surface area is 115 Å². The van der Waals surface area contributed by atoms with Crippen LogP contribution >= 0.6 is 11.8 Å². The summed E-state index contributed by atoms with van der Waals surface area (Å²) >= 11 is 1.55. The monoisotopic (exact) mass is 274 g/mol. The van der Waals surface area contributed by atoms with Crippen LogP contribution in [0.15, 0.2) is 41.3 Å². The van der Waals surface area contributed by atoms with E-state index in [2.05, 4.69) is 4.98 Å². The molecule has 0 aliphatic rings. The normalized spacial score (nSPS) is 10.4. The molecule has 1 heterocycles. The lowest BCUT2D eigenvalue weighted by atomic mass is 10.2. The van der Waals surface area contributed by atoms with Crippen molar-refractivity contribution < 1.29 is 9.90 Å². The van der Waals surface area contributed by atoms with Gasteiger partial charge in [-0.3, -0.25) is 0 Å². The molecule has 0 fully saturated rings. The number of anilines is 1. The van der Waals surface area contributed by atoms with Gasteiger partial charge in [-0.15, -0.1) is 11.8 Å². The van der Waals surface area contributed by atoms with E-state index in [0.29, 0.717) is 5.75 Å². The minimum absolute atomic E-state index is 0.0648. The summed E-state index contributed by atoms with van der Waals surface area (Å²) in [7, 11) is 0. The van der Waals surface area contributed by atoms with Gasteiger partial charge in [0, 0.05) is 16.3 Å². The van der Waals surface area contributed by atoms with Gasteiger partial charge < -0.3 is 10.8 Å². The smallest absolute Gasteiger partial charge is 0.354 e. The second-order valence-corrected chi connectivity index (χ2v) is 5.17. The first kappa shape index (κ1) is 13.4. The number of pyridine rings is 1. The van der Waals surface area contributed by atoms with E-state index >= 15 is 0 Å². The zero-order valence-corrected chi connectivity index (χ0v) is 11.3. The van der Waals surface area contributed by atoms with Crippen LogP contribution < -0.4 is 5.73 Å². The molecule has 5 heteroatoms. The van der Waals surface area contributed by atoms with Crippen molar-refractivity contribution in [3.05, 3.63) is 53.3 Å². The third-order valence-electron chi connectivity index (χ3n) is 2.57. The first-order chi connectivity index (χ1) is 9.06. The Morgan fingerprint density at radius 2 is 2.16 bits per heavy atom. The first-order valence-corrected chi connectivity index (χ1v) is 6.73. The molecule has 1 aromatic heterocycles. The quantitative estimate of drug-likeness (QED) is 0.662. The molecular weight excluding hydrogens is 260 g/mol. The predicted octanol–water partition coefficient (Wildman–Crippen LogP) is 2.96. The van der Waals surface area contributed by atoms with E-state index in [0.717, 1.165) is 21.8 Å². The van der Waals surface area contributed by atoms with E-state index in [9.17, 15) is 4.79 Å². The summed E-state index contributed by atoms with van der Waals surface area (Å²) < 4.78 is 0. The highest BCUT2D eigenvalue weighted by atomic mass is 32.2. The van der Waals surface area contributed by atoms with Gasteiger partial charge in [-0.05, 0) is 36.8 Å². The number of nitrogens with two attached hydrogens (primary N) is 1. The molecule has 0 saturated heterocycles. The van der Waals surface area contributed by atoms with Gasteiger partial charge in [0.1, 0.15) is 5.69 Å². The average Bonchev–Trinajstić information content (AvgIpc) is 2.38. The lowest BCUT2D eigenvalue weighted by Gasteiger charge is -2.06. The molecule has 0 saturated carbocycles. The highest BCUT2D eigenvalue weighted by molar-refractivity contribution is 7.98. The number of aromatic nitrogens is 1. The second kappa shape index (κ2) is 5.75. The van der Waals surface area contributed by atoms with Crippen molar-refractivity contribution in [1.82, 2.24) is 4.98 Å². The average molecular weight is 274 g/mol. The number of thioether (sulfide) groups is 1. The van der Waals surface area contributed by atoms with Crippen molar-refractivity contribution in [1.29, 1.82) is 0 Å². The second-order valence-electron chi connectivity index (χ2n) is 4.15. The fraction of sp³-hybridized carbons (Fsp3) is 0.143. The van der Waals surface area contributed by atoms with E-state index in [1.165, 1.54) is 6.07 Å². The fourth-order valence-corrected chi connectivity index (χ4v) is 2.48. The zero-order chi connectivity index (χ0) is 13.8. The van der Waals surface area contributed by atoms with Crippen molar-refractivity contribution in [2.24, 2.45) is 0 Å². The molecule has 0 unspecified atom stereocenters. The Balaban J connectivity index is 2.10. The standard InChI is InChI=1S/C14H14N2O2S/c1-9-5-6-13(11(15)7-9)19-8-10-3-2-4-12(16-10)14(17)18/h2-7H,8,15H2,1H3,(H,17,18). The fourth-order valence-electron chi connectivity index (χ4n) is 1.63. The van der Waals surface area contributed by atoms with Crippen LogP contribution in [-0.4, -0.2) is 16.1 Å². The van der Waals surface area contributed by atoms with E-state index in [4.69, 9.17) is 10.8 Å². The molecule has 0 amide bonds. The molecule has 3 N–H and O–H groups in total. The lowest BCUT2D eigenvalue weighted by Crippen LogP contribution is -2.01. The van der Waals surface area contributed by atoms with Crippen LogP contribution in [0.5, 0.6) is 0 Å². The Morgan fingerprint density at radius 1 is 1.37 bits per heavy atom. The SMILES string of the molecule is Cc1ccc(SCc2cccc(C(=O)O)n2)c(N)c1. The Bertz CT molecular complexity index is 614. The minimum atomic E-state index is -1.01. The van der Waals surface area contributed by atoms with Crippen molar-refractivity contribution >= 4 is 23.4 Å². The van der Waals surface area contributed by atoms with Gasteiger partial charge in [0.15, 0.2) is 0 Å². The molecule has 0 atom stereocenters. The van der Waals surface area contributed by atoms with Crippen molar-refractivity contribution in [2.45, 2.75) is 17.6 Å². The predicted molar refractivity (Wildman–Crippen MR) is 76.3 cm³/mol. The Kier molecular flexibility index (Phi) is 4.06. The van der Waals surface area contributed by atoms with Gasteiger partial charge in [-0.1, -0.05) is 12.1 Å². The maximum atomic E-state index is 10.8. The topological polar surface area (TPSA) is 76.2 Å². The van der Waals surface area contributed by atoms with E-state index in [1.54, 1.807) is 17.8 Å². The van der Waals surface area contributed by atoms with Gasteiger partial charge in [0.05, 0.1) is 5.69 Å². The lowest BCUT2D eigenvalue weighted by molar-refractivity contribution is 0.0690. The number of nitrogens with zero attached hydrogens (tertiary/aromatic N) is 1. The molecule has 0 bridgehead atoms. The molecule has 2 aromatic rings. The molecule has 0 aliphatic carbocycles. The molecule has 0 aliphatic heterocycles. The number of rotatable bonds is 4. The maximum absolute atomic E-state index is 10.8. The highest BCUT2D eigenvalue weighted by Gasteiger charge is 2.06. The molecule has 19 heavy (non-hydrogen) atoms. The number of benzene rings is 1. The van der Waals surface area contributed by atoms with Gasteiger partial charge in [0.2, 0.25) is 0 Å². The Morgan fingerprint density at radius 3 is 2.84 bits per heavy atom. The van der Waals surface area contributed by atoms with Crippen LogP contribution in [0.1, 0.15) is 21.7 Å². The highest BCUT2D eigenvalue weighted by Crippen LogP contribution is 2.28. The van der Waals surface area contributed by atoms with E-state index in [-0.39, 0.29) is 5.69 Å². The summed E-state index contributed by atoms with van der Waals surface area (Å²) in [6.45, 7) is 1.99. The van der Waals surface area contributed by atoms with Crippen molar-refractivity contribution in [3.8, 4) is 0 Å². The third-order valence-corrected chi connectivity index (χ3v) is 3.69. The molecule has 4 nitrogen and oxygen atoms in total. The van der Waals surface area contributed by atoms with Crippen LogP contribution in [-0.2, 0) is 5.75 Å². The molecule has 98 valence electrons. The number of hydrogen-bond donors (Lipinski definition) is 2. The summed E-state index contributed by atoms with van der Waals surface area (Å²) in [4.78, 5) is 15.9. The molecule has 0 spiro atoms.